The van der Waals surface area contributed by atoms with Crippen molar-refractivity contribution in [3.63, 3.8) is 0 Å². The Morgan fingerprint density at radius 3 is 2.96 bits per heavy atom. The van der Waals surface area contributed by atoms with Crippen LogP contribution in [0, 0.1) is 5.92 Å². The number of nitrogens with zero attached hydrogens (tertiary/aromatic N) is 1. The number of methoxy groups -OCH3 is 2. The van der Waals surface area contributed by atoms with Gasteiger partial charge in [0.2, 0.25) is 0 Å². The Balaban J connectivity index is 1.66. The number of ether oxygens (including phenoxy) is 3. The Morgan fingerprint density at radius 2 is 2.17 bits per heavy atom. The van der Waals surface area contributed by atoms with Gasteiger partial charge in [-0.3, -0.25) is 9.89 Å². The number of carbonyl (C=O) groups is 1. The molecule has 1 aliphatic rings. The fraction of sp³-hybridized carbons (Fsp3) is 0.500. The fourth-order valence-electron chi connectivity index (χ4n) is 2.99. The number of aromatic amines is 1. The first kappa shape index (κ1) is 15.9. The van der Waals surface area contributed by atoms with Gasteiger partial charge in [-0.15, -0.1) is 0 Å². The predicted molar refractivity (Wildman–Crippen MR) is 84.3 cm³/mol. The maximum atomic E-state index is 12.4. The molecule has 1 amide bonds. The highest BCUT2D eigenvalue weighted by Crippen LogP contribution is 2.20. The summed E-state index contributed by atoms with van der Waals surface area (Å²) in [6.45, 7) is 1.47. The Hall–Kier alpha value is -1.96. The number of para-hydroxylation sites is 1. The SMILES string of the molecule is CO[C@H]1[C@H](CNC(=O)c2n[nH]c3ccccc23)COC[C@H]1OC. The molecule has 1 aromatic heterocycles. The van der Waals surface area contributed by atoms with Crippen LogP contribution in [0.15, 0.2) is 24.3 Å². The second-order valence-electron chi connectivity index (χ2n) is 5.60. The second-order valence-corrected chi connectivity index (χ2v) is 5.60. The van der Waals surface area contributed by atoms with Crippen LogP contribution < -0.4 is 5.32 Å². The van der Waals surface area contributed by atoms with E-state index in [0.29, 0.717) is 25.5 Å². The number of fused-ring (bicyclic) bond motifs is 1. The van der Waals surface area contributed by atoms with E-state index in [4.69, 9.17) is 14.2 Å². The van der Waals surface area contributed by atoms with Crippen molar-refractivity contribution in [3.8, 4) is 0 Å². The molecule has 1 saturated heterocycles. The van der Waals surface area contributed by atoms with Gasteiger partial charge in [-0.1, -0.05) is 18.2 Å². The average molecular weight is 319 g/mol. The number of hydrogen-bond donors (Lipinski definition) is 2. The van der Waals surface area contributed by atoms with Crippen LogP contribution >= 0.6 is 0 Å². The highest BCUT2D eigenvalue weighted by molar-refractivity contribution is 6.04. The first-order chi connectivity index (χ1) is 11.2. The molecular weight excluding hydrogens is 298 g/mol. The molecule has 2 heterocycles. The number of rotatable bonds is 5. The van der Waals surface area contributed by atoms with Gasteiger partial charge in [-0.2, -0.15) is 5.10 Å². The Kier molecular flexibility index (Phi) is 4.90. The van der Waals surface area contributed by atoms with Crippen molar-refractivity contribution >= 4 is 16.8 Å². The lowest BCUT2D eigenvalue weighted by Crippen LogP contribution is -2.50. The minimum absolute atomic E-state index is 0.0351. The van der Waals surface area contributed by atoms with Gasteiger partial charge in [0.05, 0.1) is 24.8 Å². The molecular formula is C16H21N3O4. The maximum absolute atomic E-state index is 12.4. The summed E-state index contributed by atoms with van der Waals surface area (Å²) in [5.74, 6) is -0.176. The molecule has 23 heavy (non-hydrogen) atoms. The first-order valence-electron chi connectivity index (χ1n) is 7.59. The molecule has 0 bridgehead atoms. The monoisotopic (exact) mass is 319 g/mol. The van der Waals surface area contributed by atoms with E-state index >= 15 is 0 Å². The Morgan fingerprint density at radius 1 is 1.35 bits per heavy atom. The minimum Gasteiger partial charge on any atom is -0.378 e. The number of H-pyrrole nitrogens is 1. The lowest BCUT2D eigenvalue weighted by Gasteiger charge is -2.36. The van der Waals surface area contributed by atoms with Crippen LogP contribution in [0.2, 0.25) is 0 Å². The molecule has 1 aliphatic heterocycles. The Labute approximate surface area is 134 Å². The molecule has 3 atom stereocenters. The summed E-state index contributed by atoms with van der Waals surface area (Å²) in [4.78, 5) is 12.4. The summed E-state index contributed by atoms with van der Waals surface area (Å²) < 4.78 is 16.4. The molecule has 2 aromatic rings. The molecule has 7 heteroatoms. The van der Waals surface area contributed by atoms with Gasteiger partial charge in [0.25, 0.3) is 5.91 Å². The molecule has 0 aliphatic carbocycles. The summed E-state index contributed by atoms with van der Waals surface area (Å²) in [6, 6.07) is 7.54. The predicted octanol–water partition coefficient (Wildman–Crippen LogP) is 0.969. The lowest BCUT2D eigenvalue weighted by molar-refractivity contribution is -0.145. The number of nitrogens with one attached hydrogen (secondary N) is 2. The van der Waals surface area contributed by atoms with E-state index in [0.717, 1.165) is 10.9 Å². The first-order valence-corrected chi connectivity index (χ1v) is 7.59. The molecule has 1 fully saturated rings. The molecule has 0 radical (unpaired) electrons. The summed E-state index contributed by atoms with van der Waals surface area (Å²) in [5.41, 5.74) is 1.24. The van der Waals surface area contributed by atoms with Crippen molar-refractivity contribution in [2.75, 3.05) is 34.0 Å². The van der Waals surface area contributed by atoms with E-state index in [1.807, 2.05) is 24.3 Å². The van der Waals surface area contributed by atoms with Crippen molar-refractivity contribution in [2.45, 2.75) is 12.2 Å². The summed E-state index contributed by atoms with van der Waals surface area (Å²) in [7, 11) is 3.29. The van der Waals surface area contributed by atoms with Gasteiger partial charge < -0.3 is 19.5 Å². The topological polar surface area (TPSA) is 85.5 Å². The van der Waals surface area contributed by atoms with Crippen molar-refractivity contribution in [2.24, 2.45) is 5.92 Å². The molecule has 0 unspecified atom stereocenters. The van der Waals surface area contributed by atoms with Crippen molar-refractivity contribution in [3.05, 3.63) is 30.0 Å². The van der Waals surface area contributed by atoms with Crippen LogP contribution in [0.25, 0.3) is 10.9 Å². The molecule has 124 valence electrons. The molecule has 7 nitrogen and oxygen atoms in total. The van der Waals surface area contributed by atoms with E-state index in [1.165, 1.54) is 0 Å². The molecule has 3 rings (SSSR count). The van der Waals surface area contributed by atoms with Crippen LogP contribution in [0.3, 0.4) is 0 Å². The van der Waals surface area contributed by atoms with E-state index < -0.39 is 0 Å². The van der Waals surface area contributed by atoms with Crippen LogP contribution in [0.1, 0.15) is 10.5 Å². The van der Waals surface area contributed by atoms with Crippen molar-refractivity contribution < 1.29 is 19.0 Å². The third-order valence-electron chi connectivity index (χ3n) is 4.23. The van der Waals surface area contributed by atoms with Gasteiger partial charge in [0.1, 0.15) is 6.10 Å². The van der Waals surface area contributed by atoms with Gasteiger partial charge in [-0.25, -0.2) is 0 Å². The lowest BCUT2D eigenvalue weighted by atomic mass is 9.96. The summed E-state index contributed by atoms with van der Waals surface area (Å²) in [5, 5.41) is 10.7. The number of carbonyl (C=O) groups excluding carboxylic acids is 1. The third-order valence-corrected chi connectivity index (χ3v) is 4.23. The van der Waals surface area contributed by atoms with Gasteiger partial charge in [0.15, 0.2) is 5.69 Å². The van der Waals surface area contributed by atoms with E-state index in [9.17, 15) is 4.79 Å². The van der Waals surface area contributed by atoms with E-state index in [2.05, 4.69) is 15.5 Å². The quantitative estimate of drug-likeness (QED) is 0.858. The molecule has 1 aromatic carbocycles. The summed E-state index contributed by atoms with van der Waals surface area (Å²) >= 11 is 0. The number of aromatic nitrogens is 2. The molecule has 0 spiro atoms. The normalized spacial score (nSPS) is 24.7. The standard InChI is InChI=1S/C16H21N3O4/c1-21-13-9-23-8-10(15(13)22-2)7-17-16(20)14-11-5-3-4-6-12(11)18-19-14/h3-6,10,13,15H,7-9H2,1-2H3,(H,17,20)(H,18,19)/t10-,13-,15+/m1/s1. The summed E-state index contributed by atoms with van der Waals surface area (Å²) in [6.07, 6.45) is -0.230. The second kappa shape index (κ2) is 7.08. The van der Waals surface area contributed by atoms with Gasteiger partial charge >= 0.3 is 0 Å². The molecule has 2 N–H and O–H groups in total. The number of hydrogen-bond acceptors (Lipinski definition) is 5. The van der Waals surface area contributed by atoms with Crippen LogP contribution in [-0.4, -0.2) is 62.3 Å². The molecule has 0 saturated carbocycles. The zero-order chi connectivity index (χ0) is 16.2. The van der Waals surface area contributed by atoms with Gasteiger partial charge in [-0.05, 0) is 6.07 Å². The smallest absolute Gasteiger partial charge is 0.272 e. The third kappa shape index (κ3) is 3.21. The van der Waals surface area contributed by atoms with Gasteiger partial charge in [0, 0.05) is 32.1 Å². The zero-order valence-electron chi connectivity index (χ0n) is 13.2. The number of amides is 1. The van der Waals surface area contributed by atoms with Crippen LogP contribution in [-0.2, 0) is 14.2 Å². The minimum atomic E-state index is -0.211. The van der Waals surface area contributed by atoms with E-state index in [1.54, 1.807) is 14.2 Å². The zero-order valence-corrected chi connectivity index (χ0v) is 13.2. The van der Waals surface area contributed by atoms with Crippen LogP contribution in [0.5, 0.6) is 0 Å². The van der Waals surface area contributed by atoms with E-state index in [-0.39, 0.29) is 24.0 Å². The maximum Gasteiger partial charge on any atom is 0.272 e. The average Bonchev–Trinajstić information content (AvgIpc) is 3.03. The van der Waals surface area contributed by atoms with Crippen molar-refractivity contribution in [1.29, 1.82) is 0 Å². The largest absolute Gasteiger partial charge is 0.378 e. The Bertz CT molecular complexity index is 672. The van der Waals surface area contributed by atoms with Crippen molar-refractivity contribution in [1.82, 2.24) is 15.5 Å². The number of benzene rings is 1. The highest BCUT2D eigenvalue weighted by Gasteiger charge is 2.34. The fourth-order valence-corrected chi connectivity index (χ4v) is 2.99. The highest BCUT2D eigenvalue weighted by atomic mass is 16.6. The van der Waals surface area contributed by atoms with Crippen LogP contribution in [0.4, 0.5) is 0 Å².